The van der Waals surface area contributed by atoms with E-state index in [0.717, 1.165) is 24.8 Å². The minimum atomic E-state index is -2.98. The summed E-state index contributed by atoms with van der Waals surface area (Å²) in [5.41, 5.74) is 5.75. The number of hydrogen-bond donors (Lipinski definition) is 2. The minimum Gasteiger partial charge on any atom is -0.435 e. The molecule has 3 heterocycles. The fourth-order valence-corrected chi connectivity index (χ4v) is 4.41. The smallest absolute Gasteiger partial charge is 0.387 e. The first-order valence-electron chi connectivity index (χ1n) is 13.3. The predicted octanol–water partition coefficient (Wildman–Crippen LogP) is 4.44. The number of fused-ring (bicyclic) bond motifs is 1. The number of hydrogen-bond acceptors (Lipinski definition) is 7. The lowest BCUT2D eigenvalue weighted by Gasteiger charge is -2.28. The van der Waals surface area contributed by atoms with Crippen LogP contribution in [0.4, 0.5) is 18.9 Å². The van der Waals surface area contributed by atoms with Gasteiger partial charge in [-0.25, -0.2) is 14.8 Å². The van der Waals surface area contributed by atoms with E-state index in [0.29, 0.717) is 28.3 Å². The maximum absolute atomic E-state index is 13.3. The first-order chi connectivity index (χ1) is 19.5. The molecule has 5 rings (SSSR count). The number of alkyl halides is 3. The van der Waals surface area contributed by atoms with E-state index in [1.54, 1.807) is 49.9 Å². The van der Waals surface area contributed by atoms with Gasteiger partial charge in [-0.15, -0.1) is 0 Å². The van der Waals surface area contributed by atoms with Crippen molar-refractivity contribution in [3.63, 3.8) is 0 Å². The number of nitrogens with zero attached hydrogens (tertiary/aromatic N) is 5. The summed E-state index contributed by atoms with van der Waals surface area (Å²) < 4.78 is 43.1. The quantitative estimate of drug-likeness (QED) is 0.484. The number of aliphatic imine (C=N–C) groups is 1. The van der Waals surface area contributed by atoms with Crippen molar-refractivity contribution in [1.29, 1.82) is 0 Å². The zero-order valence-corrected chi connectivity index (χ0v) is 23.4. The van der Waals surface area contributed by atoms with Gasteiger partial charge in [-0.2, -0.15) is 13.9 Å². The van der Waals surface area contributed by atoms with Crippen LogP contribution in [0.25, 0.3) is 11.3 Å². The highest BCUT2D eigenvalue weighted by Crippen LogP contribution is 2.44. The molecule has 1 saturated carbocycles. The van der Waals surface area contributed by atoms with Gasteiger partial charge in [0, 0.05) is 44.8 Å². The fourth-order valence-electron chi connectivity index (χ4n) is 4.41. The Kier molecular flexibility index (Phi) is 9.48. The van der Waals surface area contributed by atoms with Crippen LogP contribution in [0.5, 0.6) is 5.75 Å². The molecule has 0 atom stereocenters. The number of anilines is 1. The Morgan fingerprint density at radius 3 is 2.59 bits per heavy atom. The molecule has 2 aliphatic heterocycles. The summed E-state index contributed by atoms with van der Waals surface area (Å²) in [6.07, 6.45) is 9.02. The van der Waals surface area contributed by atoms with Crippen LogP contribution in [0.3, 0.4) is 0 Å². The number of halogens is 3. The van der Waals surface area contributed by atoms with Crippen LogP contribution in [-0.4, -0.2) is 71.1 Å². The summed E-state index contributed by atoms with van der Waals surface area (Å²) in [6, 6.07) is 4.82. The second-order valence-electron chi connectivity index (χ2n) is 10.2. The molecule has 41 heavy (non-hydrogen) atoms. The van der Waals surface area contributed by atoms with Gasteiger partial charge in [0.2, 0.25) is 5.91 Å². The highest BCUT2D eigenvalue weighted by Gasteiger charge is 2.30. The summed E-state index contributed by atoms with van der Waals surface area (Å²) in [4.78, 5) is 31.4. The number of carbonyl (C=O) groups is 2. The third-order valence-electron chi connectivity index (χ3n) is 6.57. The van der Waals surface area contributed by atoms with Crippen LogP contribution in [0.2, 0.25) is 0 Å². The van der Waals surface area contributed by atoms with Crippen LogP contribution in [0.15, 0.2) is 53.1 Å². The van der Waals surface area contributed by atoms with E-state index in [-0.39, 0.29) is 36.6 Å². The summed E-state index contributed by atoms with van der Waals surface area (Å²) in [6.45, 7) is 0.240. The molecule has 10 nitrogen and oxygen atoms in total. The molecule has 0 bridgehead atoms. The summed E-state index contributed by atoms with van der Waals surface area (Å²) in [5, 5.41) is 9.19. The van der Waals surface area contributed by atoms with Crippen molar-refractivity contribution in [1.82, 2.24) is 25.1 Å². The maximum atomic E-state index is 13.3. The third-order valence-corrected chi connectivity index (χ3v) is 6.57. The Hall–Kier alpha value is -4.13. The molecule has 2 amide bonds. The number of aromatic nitrogens is 2. The molecule has 0 radical (unpaired) electrons. The Morgan fingerprint density at radius 2 is 1.95 bits per heavy atom. The summed E-state index contributed by atoms with van der Waals surface area (Å²) in [5.74, 6) is 0.146. The summed E-state index contributed by atoms with van der Waals surface area (Å²) in [7, 11) is 3.28. The topological polar surface area (TPSA) is 104 Å². The molecule has 0 saturated heterocycles. The van der Waals surface area contributed by atoms with Crippen molar-refractivity contribution < 1.29 is 27.5 Å². The van der Waals surface area contributed by atoms with Crippen LogP contribution in [0, 0.1) is 0 Å². The first kappa shape index (κ1) is 29.8. The van der Waals surface area contributed by atoms with Gasteiger partial charge in [0.25, 0.3) is 5.91 Å². The minimum absolute atomic E-state index is 0.00633. The normalized spacial score (nSPS) is 16.0. The second-order valence-corrected chi connectivity index (χ2v) is 10.2. The van der Waals surface area contributed by atoms with Crippen LogP contribution in [-0.2, 0) is 16.1 Å². The predicted molar refractivity (Wildman–Crippen MR) is 149 cm³/mol. The van der Waals surface area contributed by atoms with Gasteiger partial charge in [-0.3, -0.25) is 19.3 Å². The molecular formula is C28H34F3N7O3. The van der Waals surface area contributed by atoms with Crippen molar-refractivity contribution in [2.75, 3.05) is 26.0 Å². The Morgan fingerprint density at radius 1 is 1.22 bits per heavy atom. The SMILES string of the molecule is CC(C)F.CN(C)C(=O)Cn1cc(NC(=O)C2=C3N=CC=CN3NC2)c(-c2cc(OC(F)F)ccc2C2CCC2)n1. The number of hydrazine groups is 1. The Balaban J connectivity index is 0.000000909. The molecule has 2 aromatic rings. The van der Waals surface area contributed by atoms with Gasteiger partial charge < -0.3 is 15.0 Å². The average Bonchev–Trinajstić information content (AvgIpc) is 3.47. The van der Waals surface area contributed by atoms with Gasteiger partial charge in [0.1, 0.15) is 18.0 Å². The Labute approximate surface area is 236 Å². The van der Waals surface area contributed by atoms with Gasteiger partial charge >= 0.3 is 6.61 Å². The molecule has 1 aromatic carbocycles. The number of nitrogens with one attached hydrogen (secondary N) is 2. The molecule has 1 fully saturated rings. The van der Waals surface area contributed by atoms with E-state index < -0.39 is 12.8 Å². The van der Waals surface area contributed by atoms with Gasteiger partial charge in [-0.05, 0) is 56.4 Å². The first-order valence-corrected chi connectivity index (χ1v) is 13.3. The summed E-state index contributed by atoms with van der Waals surface area (Å²) >= 11 is 0. The molecule has 1 aromatic heterocycles. The van der Waals surface area contributed by atoms with E-state index in [2.05, 4.69) is 25.6 Å². The molecular weight excluding hydrogens is 539 g/mol. The molecule has 0 unspecified atom stereocenters. The van der Waals surface area contributed by atoms with E-state index in [9.17, 15) is 22.8 Å². The fraction of sp³-hybridized carbons (Fsp3) is 0.429. The maximum Gasteiger partial charge on any atom is 0.387 e. The van der Waals surface area contributed by atoms with Crippen molar-refractivity contribution >= 4 is 23.7 Å². The largest absolute Gasteiger partial charge is 0.435 e. The lowest BCUT2D eigenvalue weighted by molar-refractivity contribution is -0.129. The van der Waals surface area contributed by atoms with Crippen molar-refractivity contribution in [3.8, 4) is 17.0 Å². The number of amides is 2. The van der Waals surface area contributed by atoms with Crippen LogP contribution < -0.4 is 15.5 Å². The van der Waals surface area contributed by atoms with Crippen molar-refractivity contribution in [2.24, 2.45) is 4.99 Å². The lowest BCUT2D eigenvalue weighted by Crippen LogP contribution is -2.27. The van der Waals surface area contributed by atoms with E-state index in [1.165, 1.54) is 35.6 Å². The zero-order valence-electron chi connectivity index (χ0n) is 23.4. The molecule has 2 N–H and O–H groups in total. The number of rotatable bonds is 8. The van der Waals surface area contributed by atoms with E-state index >= 15 is 0 Å². The van der Waals surface area contributed by atoms with Gasteiger partial charge in [0.15, 0.2) is 5.82 Å². The Bertz CT molecular complexity index is 1360. The lowest BCUT2D eigenvalue weighted by atomic mass is 9.77. The highest BCUT2D eigenvalue weighted by molar-refractivity contribution is 6.07. The monoisotopic (exact) mass is 573 g/mol. The second kappa shape index (κ2) is 13.0. The highest BCUT2D eigenvalue weighted by atomic mass is 19.3. The van der Waals surface area contributed by atoms with Crippen LogP contribution >= 0.6 is 0 Å². The van der Waals surface area contributed by atoms with Gasteiger partial charge in [-0.1, -0.05) is 12.5 Å². The number of likely N-dealkylation sites (N-methyl/N-ethyl adjacent to an activating group) is 1. The molecule has 13 heteroatoms. The van der Waals surface area contributed by atoms with Crippen molar-refractivity contribution in [3.05, 3.63) is 53.6 Å². The molecule has 0 spiro atoms. The number of benzene rings is 1. The molecule has 220 valence electrons. The number of carbonyl (C=O) groups excluding carboxylic acids is 2. The zero-order chi connectivity index (χ0) is 29.7. The van der Waals surface area contributed by atoms with E-state index in [1.807, 2.05) is 0 Å². The average molecular weight is 574 g/mol. The molecule has 1 aliphatic carbocycles. The molecule has 3 aliphatic rings. The standard InChI is InChI=1S/C25H27F2N7O3.C3H7F/c1-32(2)21(35)14-33-13-20(30-24(36)19-12-29-34-10-4-9-28-23(19)34)22(31-33)18-11-16(37-25(26)27)7-8-17(18)15-5-3-6-15;1-3(2)4/h4,7-11,13,15,25,29H,3,5-6,12,14H2,1-2H3,(H,30,36);3H,1-2H3. The number of ether oxygens (including phenoxy) is 1. The third kappa shape index (κ3) is 7.34. The van der Waals surface area contributed by atoms with Crippen LogP contribution in [0.1, 0.15) is 44.6 Å². The van der Waals surface area contributed by atoms with Gasteiger partial charge in [0.05, 0.1) is 17.4 Å². The van der Waals surface area contributed by atoms with E-state index in [4.69, 9.17) is 0 Å². The number of allylic oxidation sites excluding steroid dienone is 1. The van der Waals surface area contributed by atoms with Crippen molar-refractivity contribution in [2.45, 2.75) is 58.4 Å².